The van der Waals surface area contributed by atoms with Crippen LogP contribution in [-0.2, 0) is 0 Å². The molecule has 1 aromatic rings. The molecule has 1 heterocycles. The Morgan fingerprint density at radius 1 is 1.50 bits per heavy atom. The maximum absolute atomic E-state index is 4.22. The number of hydrogen-bond donors (Lipinski definition) is 1. The average Bonchev–Trinajstić information content (AvgIpc) is 2.28. The maximum Gasteiger partial charge on any atom is 0.0375 e. The third-order valence-electron chi connectivity index (χ3n) is 2.51. The highest BCUT2D eigenvalue weighted by molar-refractivity contribution is 5.19. The fraction of sp³-hybridized carbons (Fsp3) is 0.500. The van der Waals surface area contributed by atoms with E-state index in [0.717, 1.165) is 25.1 Å². The first-order valence-electron chi connectivity index (χ1n) is 5.83. The van der Waals surface area contributed by atoms with E-state index in [9.17, 15) is 0 Å². The van der Waals surface area contributed by atoms with E-state index in [1.807, 2.05) is 20.0 Å². The molecule has 0 fully saturated rings. The smallest absolute Gasteiger partial charge is 0.0375 e. The number of nitrogens with zero attached hydrogens (tertiary/aromatic N) is 1. The molecule has 2 heteroatoms. The predicted octanol–water partition coefficient (Wildman–Crippen LogP) is 2.84. The summed E-state index contributed by atoms with van der Waals surface area (Å²) in [6, 6.07) is 4.62. The molecule has 86 valence electrons. The van der Waals surface area contributed by atoms with Crippen LogP contribution in [0.5, 0.6) is 0 Å². The zero-order valence-electron chi connectivity index (χ0n) is 10.4. The number of aromatic nitrogens is 1. The summed E-state index contributed by atoms with van der Waals surface area (Å²) >= 11 is 0. The van der Waals surface area contributed by atoms with Crippen LogP contribution < -0.4 is 5.32 Å². The van der Waals surface area contributed by atoms with Crippen molar-refractivity contribution >= 4 is 0 Å². The molecule has 0 aliphatic rings. The van der Waals surface area contributed by atoms with E-state index in [0.29, 0.717) is 6.04 Å². The molecular formula is C14H20N2. The lowest BCUT2D eigenvalue weighted by Crippen LogP contribution is -2.20. The normalized spacial score (nSPS) is 11.7. The van der Waals surface area contributed by atoms with Gasteiger partial charge in [0.25, 0.3) is 0 Å². The van der Waals surface area contributed by atoms with Crippen molar-refractivity contribution in [2.45, 2.75) is 39.7 Å². The van der Waals surface area contributed by atoms with Crippen LogP contribution in [0.1, 0.15) is 44.0 Å². The Morgan fingerprint density at radius 2 is 2.31 bits per heavy atom. The Balaban J connectivity index is 2.70. The number of hydrogen-bond acceptors (Lipinski definition) is 2. The van der Waals surface area contributed by atoms with E-state index in [2.05, 4.69) is 41.2 Å². The molecule has 0 aromatic carbocycles. The van der Waals surface area contributed by atoms with Crippen molar-refractivity contribution in [2.24, 2.45) is 0 Å². The molecule has 1 aromatic heterocycles. The Hall–Kier alpha value is -1.33. The topological polar surface area (TPSA) is 24.9 Å². The van der Waals surface area contributed by atoms with Crippen LogP contribution in [0.15, 0.2) is 18.3 Å². The van der Waals surface area contributed by atoms with Crippen LogP contribution >= 0.6 is 0 Å². The molecule has 0 saturated heterocycles. The minimum Gasteiger partial charge on any atom is -0.310 e. The summed E-state index contributed by atoms with van der Waals surface area (Å²) in [5, 5.41) is 3.49. The summed E-state index contributed by atoms with van der Waals surface area (Å²) in [5.74, 6) is 6.05. The minimum atomic E-state index is 0.396. The molecule has 2 nitrogen and oxygen atoms in total. The van der Waals surface area contributed by atoms with Gasteiger partial charge >= 0.3 is 0 Å². The Labute approximate surface area is 98.5 Å². The number of pyridine rings is 1. The molecule has 0 aliphatic heterocycles. The lowest BCUT2D eigenvalue weighted by molar-refractivity contribution is 0.522. The fourth-order valence-corrected chi connectivity index (χ4v) is 1.76. The molecule has 1 N–H and O–H groups in total. The third kappa shape index (κ3) is 4.04. The quantitative estimate of drug-likeness (QED) is 0.766. The van der Waals surface area contributed by atoms with Crippen molar-refractivity contribution in [2.75, 3.05) is 6.54 Å². The van der Waals surface area contributed by atoms with Gasteiger partial charge in [-0.3, -0.25) is 4.98 Å². The van der Waals surface area contributed by atoms with Gasteiger partial charge in [0.1, 0.15) is 0 Å². The van der Waals surface area contributed by atoms with Crippen LogP contribution in [-0.4, -0.2) is 11.5 Å². The van der Waals surface area contributed by atoms with Gasteiger partial charge in [0, 0.05) is 24.4 Å². The van der Waals surface area contributed by atoms with Gasteiger partial charge in [-0.05, 0) is 44.5 Å². The molecular weight excluding hydrogens is 196 g/mol. The molecule has 0 spiro atoms. The second-order valence-corrected chi connectivity index (χ2v) is 3.81. The summed E-state index contributed by atoms with van der Waals surface area (Å²) in [6.07, 6.45) is 3.87. The molecule has 0 amide bonds. The van der Waals surface area contributed by atoms with Gasteiger partial charge in [-0.2, -0.15) is 0 Å². The Morgan fingerprint density at radius 3 is 2.94 bits per heavy atom. The van der Waals surface area contributed by atoms with E-state index in [4.69, 9.17) is 0 Å². The molecule has 0 radical (unpaired) electrons. The zero-order chi connectivity index (χ0) is 11.8. The molecule has 1 unspecified atom stereocenters. The highest BCUT2D eigenvalue weighted by Gasteiger charge is 2.09. The SMILES string of the molecule is CC#CCCC(NCC)c1ccnc(C)c1. The van der Waals surface area contributed by atoms with Crippen molar-refractivity contribution in [3.05, 3.63) is 29.6 Å². The van der Waals surface area contributed by atoms with Crippen LogP contribution in [0.25, 0.3) is 0 Å². The highest BCUT2D eigenvalue weighted by Crippen LogP contribution is 2.18. The second-order valence-electron chi connectivity index (χ2n) is 3.81. The largest absolute Gasteiger partial charge is 0.310 e. The van der Waals surface area contributed by atoms with Gasteiger partial charge in [-0.15, -0.1) is 11.8 Å². The molecule has 1 rings (SSSR count). The molecule has 1 atom stereocenters. The van der Waals surface area contributed by atoms with E-state index in [-0.39, 0.29) is 0 Å². The van der Waals surface area contributed by atoms with Crippen molar-refractivity contribution < 1.29 is 0 Å². The standard InChI is InChI=1S/C14H20N2/c1-4-6-7-8-14(15-5-2)13-9-10-16-12(3)11-13/h9-11,14-15H,5,7-8H2,1-3H3. The summed E-state index contributed by atoms with van der Waals surface area (Å²) in [6.45, 7) is 7.02. The Kier molecular flexibility index (Phi) is 5.60. The summed E-state index contributed by atoms with van der Waals surface area (Å²) in [4.78, 5) is 4.22. The monoisotopic (exact) mass is 216 g/mol. The highest BCUT2D eigenvalue weighted by atomic mass is 14.9. The first-order chi connectivity index (χ1) is 7.77. The van der Waals surface area contributed by atoms with Crippen molar-refractivity contribution in [3.63, 3.8) is 0 Å². The maximum atomic E-state index is 4.22. The molecule has 16 heavy (non-hydrogen) atoms. The van der Waals surface area contributed by atoms with E-state index < -0.39 is 0 Å². The third-order valence-corrected chi connectivity index (χ3v) is 2.51. The lowest BCUT2D eigenvalue weighted by Gasteiger charge is -2.17. The van der Waals surface area contributed by atoms with Crippen molar-refractivity contribution in [1.82, 2.24) is 10.3 Å². The van der Waals surface area contributed by atoms with Gasteiger partial charge in [0.05, 0.1) is 0 Å². The first-order valence-corrected chi connectivity index (χ1v) is 5.83. The van der Waals surface area contributed by atoms with Crippen LogP contribution in [0.4, 0.5) is 0 Å². The Bertz CT molecular complexity index is 374. The minimum absolute atomic E-state index is 0.396. The predicted molar refractivity (Wildman–Crippen MR) is 68.1 cm³/mol. The van der Waals surface area contributed by atoms with Gasteiger partial charge in [-0.1, -0.05) is 6.92 Å². The van der Waals surface area contributed by atoms with Crippen LogP contribution in [0, 0.1) is 18.8 Å². The number of aryl methyl sites for hydroxylation is 1. The van der Waals surface area contributed by atoms with Crippen molar-refractivity contribution in [1.29, 1.82) is 0 Å². The number of nitrogens with one attached hydrogen (secondary N) is 1. The van der Waals surface area contributed by atoms with Crippen LogP contribution in [0.3, 0.4) is 0 Å². The lowest BCUT2D eigenvalue weighted by atomic mass is 10.0. The molecule has 0 bridgehead atoms. The molecule has 0 saturated carbocycles. The second kappa shape index (κ2) is 7.03. The average molecular weight is 216 g/mol. The van der Waals surface area contributed by atoms with Crippen LogP contribution in [0.2, 0.25) is 0 Å². The summed E-state index contributed by atoms with van der Waals surface area (Å²) in [7, 11) is 0. The van der Waals surface area contributed by atoms with Gasteiger partial charge in [0.15, 0.2) is 0 Å². The number of rotatable bonds is 5. The first kappa shape index (κ1) is 12.7. The molecule has 0 aliphatic carbocycles. The van der Waals surface area contributed by atoms with Gasteiger partial charge in [0.2, 0.25) is 0 Å². The van der Waals surface area contributed by atoms with E-state index in [1.54, 1.807) is 0 Å². The van der Waals surface area contributed by atoms with Crippen molar-refractivity contribution in [3.8, 4) is 11.8 Å². The summed E-state index contributed by atoms with van der Waals surface area (Å²) < 4.78 is 0. The zero-order valence-corrected chi connectivity index (χ0v) is 10.4. The van der Waals surface area contributed by atoms with E-state index in [1.165, 1.54) is 5.56 Å². The fourth-order valence-electron chi connectivity index (χ4n) is 1.76. The van der Waals surface area contributed by atoms with Gasteiger partial charge < -0.3 is 5.32 Å². The van der Waals surface area contributed by atoms with E-state index >= 15 is 0 Å². The summed E-state index contributed by atoms with van der Waals surface area (Å²) in [5.41, 5.74) is 2.38. The van der Waals surface area contributed by atoms with Gasteiger partial charge in [-0.25, -0.2) is 0 Å².